The summed E-state index contributed by atoms with van der Waals surface area (Å²) in [5.74, 6) is -0.0706. The summed E-state index contributed by atoms with van der Waals surface area (Å²) >= 11 is 0. The third kappa shape index (κ3) is 13.4. The van der Waals surface area contributed by atoms with Gasteiger partial charge in [0.25, 0.3) is 11.8 Å². The van der Waals surface area contributed by atoms with Crippen molar-refractivity contribution in [3.05, 3.63) is 53.6 Å². The lowest BCUT2D eigenvalue weighted by Crippen LogP contribution is -2.41. The number of ether oxygens (including phenoxy) is 2. The summed E-state index contributed by atoms with van der Waals surface area (Å²) in [6.45, 7) is 5.65. The first-order valence-electron chi connectivity index (χ1n) is 14.8. The van der Waals surface area contributed by atoms with E-state index in [0.717, 1.165) is 25.7 Å². The van der Waals surface area contributed by atoms with Gasteiger partial charge in [0.1, 0.15) is 17.2 Å². The zero-order valence-corrected chi connectivity index (χ0v) is 23.9. The zero-order chi connectivity index (χ0) is 28.1. The Labute approximate surface area is 234 Å². The number of amides is 2. The Morgan fingerprint density at radius 3 is 1.62 bits per heavy atom. The summed E-state index contributed by atoms with van der Waals surface area (Å²) in [4.78, 5) is 24.9. The molecule has 2 rings (SSSR count). The van der Waals surface area contributed by atoms with E-state index in [9.17, 15) is 14.7 Å². The number of carbonyl (C=O) groups is 2. The molecule has 0 aliphatic rings. The molecule has 0 aliphatic carbocycles. The van der Waals surface area contributed by atoms with Crippen molar-refractivity contribution >= 4 is 11.8 Å². The van der Waals surface area contributed by atoms with E-state index in [1.165, 1.54) is 76.3 Å². The van der Waals surface area contributed by atoms with Crippen LogP contribution >= 0.6 is 0 Å². The number of benzene rings is 2. The molecule has 0 saturated heterocycles. The van der Waals surface area contributed by atoms with Gasteiger partial charge in [-0.1, -0.05) is 90.9 Å². The van der Waals surface area contributed by atoms with Crippen LogP contribution in [0.25, 0.3) is 0 Å². The fourth-order valence-corrected chi connectivity index (χ4v) is 4.25. The van der Waals surface area contributed by atoms with E-state index in [1.807, 2.05) is 0 Å². The average molecular weight is 541 g/mol. The fraction of sp³-hybridized carbons (Fsp3) is 0.562. The van der Waals surface area contributed by atoms with Crippen molar-refractivity contribution in [2.24, 2.45) is 0 Å². The van der Waals surface area contributed by atoms with Crippen LogP contribution in [0, 0.1) is 0 Å². The Kier molecular flexibility index (Phi) is 16.2. The Bertz CT molecular complexity index is 962. The molecule has 39 heavy (non-hydrogen) atoms. The molecule has 0 fully saturated rings. The molecule has 7 nitrogen and oxygen atoms in total. The molecule has 2 aromatic carbocycles. The minimum absolute atomic E-state index is 0.0481. The second-order valence-corrected chi connectivity index (χ2v) is 10.1. The van der Waals surface area contributed by atoms with Crippen LogP contribution in [0.4, 0.5) is 0 Å². The number of hydrogen-bond acceptors (Lipinski definition) is 5. The molecular weight excluding hydrogens is 492 g/mol. The first-order valence-corrected chi connectivity index (χ1v) is 14.8. The Hall–Kier alpha value is -3.22. The molecular formula is C32H48N2O5. The van der Waals surface area contributed by atoms with Gasteiger partial charge in [-0.2, -0.15) is 0 Å². The maximum Gasteiger partial charge on any atom is 0.273 e. The van der Waals surface area contributed by atoms with Crippen molar-refractivity contribution in [2.75, 3.05) is 13.2 Å². The molecule has 0 unspecified atom stereocenters. The van der Waals surface area contributed by atoms with Crippen molar-refractivity contribution in [1.82, 2.24) is 10.9 Å². The van der Waals surface area contributed by atoms with Gasteiger partial charge < -0.3 is 14.6 Å². The summed E-state index contributed by atoms with van der Waals surface area (Å²) in [6, 6.07) is 11.3. The second kappa shape index (κ2) is 19.8. The van der Waals surface area contributed by atoms with E-state index in [2.05, 4.69) is 24.7 Å². The Morgan fingerprint density at radius 1 is 0.615 bits per heavy atom. The number of nitrogens with one attached hydrogen (secondary N) is 2. The van der Waals surface area contributed by atoms with E-state index in [1.54, 1.807) is 30.3 Å². The average Bonchev–Trinajstić information content (AvgIpc) is 2.94. The van der Waals surface area contributed by atoms with E-state index < -0.39 is 11.8 Å². The zero-order valence-electron chi connectivity index (χ0n) is 23.9. The molecule has 7 heteroatoms. The minimum atomic E-state index is -0.617. The predicted octanol–water partition coefficient (Wildman–Crippen LogP) is 7.73. The number of phenolic OH excluding ortho intramolecular Hbond substituents is 1. The molecule has 0 heterocycles. The van der Waals surface area contributed by atoms with Crippen molar-refractivity contribution in [1.29, 1.82) is 0 Å². The summed E-state index contributed by atoms with van der Waals surface area (Å²) < 4.78 is 11.5. The summed E-state index contributed by atoms with van der Waals surface area (Å²) in [5, 5.41) is 10.3. The maximum atomic E-state index is 12.5. The van der Waals surface area contributed by atoms with E-state index in [0.29, 0.717) is 30.3 Å². The number of phenols is 1. The molecule has 2 aromatic rings. The summed E-state index contributed by atoms with van der Waals surface area (Å²) in [7, 11) is 0. The van der Waals surface area contributed by atoms with Crippen LogP contribution < -0.4 is 20.3 Å². The number of hydrazine groups is 1. The molecule has 0 aromatic heterocycles. The smallest absolute Gasteiger partial charge is 0.273 e. The quantitative estimate of drug-likeness (QED) is 0.118. The third-order valence-electron chi connectivity index (χ3n) is 6.65. The highest BCUT2D eigenvalue weighted by molar-refractivity contribution is 6.00. The minimum Gasteiger partial charge on any atom is -0.507 e. The molecule has 0 aliphatic heterocycles. The van der Waals surface area contributed by atoms with Gasteiger partial charge >= 0.3 is 0 Å². The van der Waals surface area contributed by atoms with Crippen molar-refractivity contribution < 1.29 is 24.2 Å². The lowest BCUT2D eigenvalue weighted by atomic mass is 10.1. The number of rotatable bonds is 20. The highest BCUT2D eigenvalue weighted by Gasteiger charge is 2.14. The van der Waals surface area contributed by atoms with Gasteiger partial charge in [0.05, 0.1) is 18.8 Å². The highest BCUT2D eigenvalue weighted by atomic mass is 16.5. The van der Waals surface area contributed by atoms with Crippen molar-refractivity contribution in [3.63, 3.8) is 0 Å². The monoisotopic (exact) mass is 540 g/mol. The third-order valence-corrected chi connectivity index (χ3v) is 6.65. The normalized spacial score (nSPS) is 10.7. The van der Waals surface area contributed by atoms with Crippen LogP contribution in [0.1, 0.15) is 124 Å². The van der Waals surface area contributed by atoms with Crippen LogP contribution in [-0.2, 0) is 0 Å². The van der Waals surface area contributed by atoms with Crippen LogP contribution in [-0.4, -0.2) is 30.1 Å². The Balaban J connectivity index is 1.66. The van der Waals surface area contributed by atoms with E-state index in [4.69, 9.17) is 9.47 Å². The standard InChI is InChI=1S/C32H48N2O5/c1-3-5-7-9-11-12-14-15-23-38-27-19-17-26(18-20-27)31(36)33-34-32(37)29-22-21-28(25-30(29)35)39-24-16-13-10-8-6-4-2/h17-22,25,35H,3-16,23-24H2,1-2H3,(H,33,36)(H,34,37). The number of carbonyl (C=O) groups excluding carboxylic acids is 2. The van der Waals surface area contributed by atoms with E-state index >= 15 is 0 Å². The number of unbranched alkanes of at least 4 members (excludes halogenated alkanes) is 12. The predicted molar refractivity (Wildman–Crippen MR) is 156 cm³/mol. The lowest BCUT2D eigenvalue weighted by Gasteiger charge is -2.11. The fourth-order valence-electron chi connectivity index (χ4n) is 4.25. The highest BCUT2D eigenvalue weighted by Crippen LogP contribution is 2.24. The first-order chi connectivity index (χ1) is 19.0. The molecule has 216 valence electrons. The molecule has 0 bridgehead atoms. The van der Waals surface area contributed by atoms with Crippen LogP contribution in [0.15, 0.2) is 42.5 Å². The van der Waals surface area contributed by atoms with Gasteiger partial charge in [0, 0.05) is 11.6 Å². The van der Waals surface area contributed by atoms with Crippen LogP contribution in [0.5, 0.6) is 17.2 Å². The lowest BCUT2D eigenvalue weighted by molar-refractivity contribution is 0.0845. The molecule has 0 atom stereocenters. The molecule has 3 N–H and O–H groups in total. The van der Waals surface area contributed by atoms with Gasteiger partial charge in [0.2, 0.25) is 0 Å². The Morgan fingerprint density at radius 2 is 1.08 bits per heavy atom. The van der Waals surface area contributed by atoms with Crippen LogP contribution in [0.2, 0.25) is 0 Å². The van der Waals surface area contributed by atoms with Gasteiger partial charge in [-0.05, 0) is 49.2 Å². The number of aromatic hydroxyl groups is 1. The van der Waals surface area contributed by atoms with Crippen molar-refractivity contribution in [2.45, 2.75) is 104 Å². The molecule has 0 radical (unpaired) electrons. The summed E-state index contributed by atoms with van der Waals surface area (Å²) in [5.41, 5.74) is 5.17. The van der Waals surface area contributed by atoms with Crippen molar-refractivity contribution in [3.8, 4) is 17.2 Å². The SMILES string of the molecule is CCCCCCCCCCOc1ccc(C(=O)NNC(=O)c2ccc(OCCCCCCCC)cc2O)cc1. The first kappa shape index (κ1) is 32.0. The largest absolute Gasteiger partial charge is 0.507 e. The maximum absolute atomic E-state index is 12.5. The van der Waals surface area contributed by atoms with E-state index in [-0.39, 0.29) is 11.3 Å². The molecule has 0 saturated carbocycles. The second-order valence-electron chi connectivity index (χ2n) is 10.1. The van der Waals surface area contributed by atoms with Gasteiger partial charge in [-0.3, -0.25) is 20.4 Å². The number of hydrogen-bond donors (Lipinski definition) is 3. The van der Waals surface area contributed by atoms with Gasteiger partial charge in [-0.25, -0.2) is 0 Å². The summed E-state index contributed by atoms with van der Waals surface area (Å²) in [6.07, 6.45) is 17.0. The van der Waals surface area contributed by atoms with Gasteiger partial charge in [-0.15, -0.1) is 0 Å². The van der Waals surface area contributed by atoms with Crippen LogP contribution in [0.3, 0.4) is 0 Å². The molecule has 0 spiro atoms. The van der Waals surface area contributed by atoms with Gasteiger partial charge in [0.15, 0.2) is 0 Å². The molecule has 2 amide bonds. The topological polar surface area (TPSA) is 96.9 Å².